The Hall–Kier alpha value is -1.43. The summed E-state index contributed by atoms with van der Waals surface area (Å²) in [5.41, 5.74) is 6.31. The summed E-state index contributed by atoms with van der Waals surface area (Å²) in [5.74, 6) is 1.13. The second kappa shape index (κ2) is 6.34. The lowest BCUT2D eigenvalue weighted by molar-refractivity contribution is 0.0602. The van der Waals surface area contributed by atoms with Crippen LogP contribution in [0.5, 0.6) is 0 Å². The Labute approximate surface area is 105 Å². The first kappa shape index (κ1) is 13.6. The fraction of sp³-hybridized carbons (Fsp3) is 0.455. The zero-order chi connectivity index (χ0) is 12.8. The maximum Gasteiger partial charge on any atom is 0.340 e. The summed E-state index contributed by atoms with van der Waals surface area (Å²) in [5, 5.41) is 3.19. The summed E-state index contributed by atoms with van der Waals surface area (Å²) in [6.45, 7) is 2.05. The van der Waals surface area contributed by atoms with Gasteiger partial charge in [0.2, 0.25) is 0 Å². The summed E-state index contributed by atoms with van der Waals surface area (Å²) in [6, 6.07) is 1.88. The minimum Gasteiger partial charge on any atom is -0.465 e. The number of carbonyl (C=O) groups is 1. The number of nitrogens with two attached hydrogens (primary N) is 1. The number of ether oxygens (including phenoxy) is 1. The normalized spacial score (nSPS) is 11.9. The maximum absolute atomic E-state index is 11.4. The molecule has 0 aliphatic rings. The molecular weight excluding hydrogens is 238 g/mol. The van der Waals surface area contributed by atoms with Crippen LogP contribution in [-0.4, -0.2) is 36.1 Å². The Morgan fingerprint density at radius 3 is 3.00 bits per heavy atom. The molecule has 94 valence electrons. The Morgan fingerprint density at radius 2 is 2.41 bits per heavy atom. The van der Waals surface area contributed by atoms with Crippen molar-refractivity contribution in [1.29, 1.82) is 0 Å². The minimum absolute atomic E-state index is 0.270. The van der Waals surface area contributed by atoms with Crippen LogP contribution in [0.3, 0.4) is 0 Å². The fourth-order valence-electron chi connectivity index (χ4n) is 1.38. The van der Waals surface area contributed by atoms with Crippen LogP contribution in [0, 0.1) is 0 Å². The van der Waals surface area contributed by atoms with Crippen LogP contribution >= 0.6 is 11.8 Å². The lowest BCUT2D eigenvalue weighted by Crippen LogP contribution is -2.19. The van der Waals surface area contributed by atoms with Gasteiger partial charge in [0.25, 0.3) is 0 Å². The van der Waals surface area contributed by atoms with Crippen molar-refractivity contribution in [3.63, 3.8) is 0 Å². The number of carbonyl (C=O) groups excluding carboxylic acids is 1. The first-order chi connectivity index (χ1) is 8.08. The summed E-state index contributed by atoms with van der Waals surface area (Å²) < 4.78 is 4.65. The number of thioether (sulfide) groups is 1. The first-order valence-electron chi connectivity index (χ1n) is 5.17. The highest BCUT2D eigenvalue weighted by Gasteiger charge is 2.12. The number of methoxy groups -OCH3 is 1. The topological polar surface area (TPSA) is 77.2 Å². The van der Waals surface area contributed by atoms with Gasteiger partial charge in [0.15, 0.2) is 0 Å². The predicted molar refractivity (Wildman–Crippen MR) is 71.5 cm³/mol. The van der Waals surface area contributed by atoms with Crippen LogP contribution in [-0.2, 0) is 4.74 Å². The van der Waals surface area contributed by atoms with Gasteiger partial charge in [0, 0.05) is 11.8 Å². The van der Waals surface area contributed by atoms with Crippen LogP contribution in [0.15, 0.2) is 12.3 Å². The molecule has 1 atom stereocenters. The Bertz CT molecular complexity index is 398. The average Bonchev–Trinajstić information content (AvgIpc) is 2.31. The largest absolute Gasteiger partial charge is 0.465 e. The summed E-state index contributed by atoms with van der Waals surface area (Å²) in [7, 11) is 1.33. The zero-order valence-corrected chi connectivity index (χ0v) is 11.0. The van der Waals surface area contributed by atoms with Crippen LogP contribution in [0.2, 0.25) is 0 Å². The first-order valence-corrected chi connectivity index (χ1v) is 6.57. The van der Waals surface area contributed by atoms with E-state index >= 15 is 0 Å². The van der Waals surface area contributed by atoms with Gasteiger partial charge < -0.3 is 15.8 Å². The molecular formula is C11H17N3O2S. The molecule has 1 aromatic heterocycles. The molecule has 3 N–H and O–H groups in total. The van der Waals surface area contributed by atoms with Gasteiger partial charge in [-0.2, -0.15) is 11.8 Å². The SMILES string of the molecule is COC(=O)c1cc(NC(C)CSC)ncc1N. The number of rotatable bonds is 5. The van der Waals surface area contributed by atoms with Gasteiger partial charge in [-0.15, -0.1) is 0 Å². The predicted octanol–water partition coefficient (Wildman–Crippen LogP) is 1.61. The van der Waals surface area contributed by atoms with Crippen LogP contribution in [0.1, 0.15) is 17.3 Å². The second-order valence-corrected chi connectivity index (χ2v) is 4.56. The van der Waals surface area contributed by atoms with Crippen molar-refractivity contribution in [2.45, 2.75) is 13.0 Å². The number of aromatic nitrogens is 1. The maximum atomic E-state index is 11.4. The van der Waals surface area contributed by atoms with Gasteiger partial charge in [-0.25, -0.2) is 9.78 Å². The van der Waals surface area contributed by atoms with E-state index in [4.69, 9.17) is 5.73 Å². The lowest BCUT2D eigenvalue weighted by Gasteiger charge is -2.14. The number of nitrogens with one attached hydrogen (secondary N) is 1. The van der Waals surface area contributed by atoms with Crippen molar-refractivity contribution in [2.75, 3.05) is 30.2 Å². The van der Waals surface area contributed by atoms with E-state index in [1.165, 1.54) is 13.3 Å². The van der Waals surface area contributed by atoms with E-state index in [9.17, 15) is 4.79 Å². The molecule has 0 amide bonds. The quantitative estimate of drug-likeness (QED) is 0.778. The molecule has 1 aromatic rings. The monoisotopic (exact) mass is 255 g/mol. The van der Waals surface area contributed by atoms with Gasteiger partial charge in [-0.05, 0) is 19.2 Å². The number of hydrogen-bond donors (Lipinski definition) is 2. The van der Waals surface area contributed by atoms with Gasteiger partial charge in [0.1, 0.15) is 5.82 Å². The summed E-state index contributed by atoms with van der Waals surface area (Å²) in [4.78, 5) is 15.6. The smallest absolute Gasteiger partial charge is 0.340 e. The van der Waals surface area contributed by atoms with Crippen molar-refractivity contribution >= 4 is 29.2 Å². The molecule has 1 unspecified atom stereocenters. The number of pyridine rings is 1. The molecule has 0 aliphatic carbocycles. The van der Waals surface area contributed by atoms with Crippen molar-refractivity contribution < 1.29 is 9.53 Å². The molecule has 0 aromatic carbocycles. The highest BCUT2D eigenvalue weighted by molar-refractivity contribution is 7.98. The highest BCUT2D eigenvalue weighted by atomic mass is 32.2. The van der Waals surface area contributed by atoms with E-state index < -0.39 is 5.97 Å². The van der Waals surface area contributed by atoms with Crippen molar-refractivity contribution in [3.05, 3.63) is 17.8 Å². The van der Waals surface area contributed by atoms with E-state index in [1.807, 2.05) is 13.2 Å². The number of esters is 1. The molecule has 0 bridgehead atoms. The van der Waals surface area contributed by atoms with Crippen LogP contribution < -0.4 is 11.1 Å². The average molecular weight is 255 g/mol. The van der Waals surface area contributed by atoms with Crippen molar-refractivity contribution in [2.24, 2.45) is 0 Å². The molecule has 5 nitrogen and oxygen atoms in total. The number of nitrogens with zero attached hydrogens (tertiary/aromatic N) is 1. The van der Waals surface area contributed by atoms with Crippen LogP contribution in [0.4, 0.5) is 11.5 Å². The fourth-order valence-corrected chi connectivity index (χ4v) is 1.96. The molecule has 1 rings (SSSR count). The Morgan fingerprint density at radius 1 is 1.71 bits per heavy atom. The van der Waals surface area contributed by atoms with Crippen LogP contribution in [0.25, 0.3) is 0 Å². The highest BCUT2D eigenvalue weighted by Crippen LogP contribution is 2.16. The van der Waals surface area contributed by atoms with E-state index in [2.05, 4.69) is 15.0 Å². The number of hydrogen-bond acceptors (Lipinski definition) is 6. The van der Waals surface area contributed by atoms with E-state index in [-0.39, 0.29) is 6.04 Å². The van der Waals surface area contributed by atoms with E-state index in [0.717, 1.165) is 5.75 Å². The molecule has 1 heterocycles. The van der Waals surface area contributed by atoms with Crippen molar-refractivity contribution in [3.8, 4) is 0 Å². The van der Waals surface area contributed by atoms with Gasteiger partial charge in [0.05, 0.1) is 24.6 Å². The van der Waals surface area contributed by atoms with Crippen molar-refractivity contribution in [1.82, 2.24) is 4.98 Å². The number of nitrogen functional groups attached to an aromatic ring is 1. The second-order valence-electron chi connectivity index (χ2n) is 3.65. The lowest BCUT2D eigenvalue weighted by atomic mass is 10.2. The molecule has 6 heteroatoms. The molecule has 0 saturated carbocycles. The van der Waals surface area contributed by atoms with Gasteiger partial charge >= 0.3 is 5.97 Å². The molecule has 0 radical (unpaired) electrons. The summed E-state index contributed by atoms with van der Waals surface area (Å²) in [6.07, 6.45) is 3.49. The molecule has 0 fully saturated rings. The van der Waals surface area contributed by atoms with Gasteiger partial charge in [-0.3, -0.25) is 0 Å². The third-order valence-electron chi connectivity index (χ3n) is 2.15. The standard InChI is InChI=1S/C11H17N3O2S/c1-7(6-17-3)14-10-4-8(11(15)16-2)9(12)5-13-10/h4-5,7H,6,12H2,1-3H3,(H,13,14). The third-order valence-corrected chi connectivity index (χ3v) is 2.98. The molecule has 0 aliphatic heterocycles. The van der Waals surface area contributed by atoms with E-state index in [0.29, 0.717) is 17.1 Å². The Kier molecular flexibility index (Phi) is 5.09. The zero-order valence-electron chi connectivity index (χ0n) is 10.2. The molecule has 0 spiro atoms. The number of anilines is 2. The third kappa shape index (κ3) is 3.81. The van der Waals surface area contributed by atoms with Gasteiger partial charge in [-0.1, -0.05) is 0 Å². The summed E-state index contributed by atoms with van der Waals surface area (Å²) >= 11 is 1.74. The molecule has 0 saturated heterocycles. The minimum atomic E-state index is -0.453. The Balaban J connectivity index is 2.85. The van der Waals surface area contributed by atoms with E-state index in [1.54, 1.807) is 17.8 Å². The molecule has 17 heavy (non-hydrogen) atoms.